The molecule has 1 N–H and O–H groups in total. The van der Waals surface area contributed by atoms with E-state index >= 15 is 0 Å². The Hall–Kier alpha value is -2.22. The van der Waals surface area contributed by atoms with Crippen LogP contribution in [0.2, 0.25) is 0 Å². The van der Waals surface area contributed by atoms with Gasteiger partial charge in [0.2, 0.25) is 5.89 Å². The Bertz CT molecular complexity index is 792. The van der Waals surface area contributed by atoms with Crippen LogP contribution in [0.25, 0.3) is 0 Å². The molecule has 8 heteroatoms. The van der Waals surface area contributed by atoms with E-state index in [1.807, 2.05) is 0 Å². The van der Waals surface area contributed by atoms with Gasteiger partial charge >= 0.3 is 0 Å². The van der Waals surface area contributed by atoms with E-state index in [2.05, 4.69) is 25.5 Å². The van der Waals surface area contributed by atoms with Crippen molar-refractivity contribution in [2.24, 2.45) is 0 Å². The number of piperidine rings is 1. The van der Waals surface area contributed by atoms with Crippen molar-refractivity contribution in [3.05, 3.63) is 29.2 Å². The number of hydrogen-bond donors (Lipinski definition) is 1. The largest absolute Gasteiger partial charge is 0.364 e. The summed E-state index contributed by atoms with van der Waals surface area (Å²) in [6.07, 6.45) is 8.00. The van der Waals surface area contributed by atoms with E-state index in [4.69, 9.17) is 9.05 Å². The van der Waals surface area contributed by atoms with Gasteiger partial charge in [0.15, 0.2) is 5.82 Å². The maximum atomic E-state index is 12.6. The summed E-state index contributed by atoms with van der Waals surface area (Å²) in [5, 5.41) is 11.3. The standard InChI is InChI=1S/C18H23N5O3/c24-17(14-10-25-22-16(14)11-3-4-11)19-13-2-1-7-23(8-13)9-15-20-18(26-21-15)12-5-6-12/h10-13H,1-9H2,(H,19,24). The number of amides is 1. The van der Waals surface area contributed by atoms with Gasteiger partial charge in [0, 0.05) is 24.4 Å². The number of nitrogens with zero attached hydrogens (tertiary/aromatic N) is 4. The second kappa shape index (κ2) is 6.50. The second-order valence-corrected chi connectivity index (χ2v) is 7.76. The Labute approximate surface area is 151 Å². The molecule has 8 nitrogen and oxygen atoms in total. The number of rotatable bonds is 6. The Morgan fingerprint density at radius 2 is 2.04 bits per heavy atom. The van der Waals surface area contributed by atoms with Crippen molar-refractivity contribution in [3.63, 3.8) is 0 Å². The zero-order valence-electron chi connectivity index (χ0n) is 14.7. The zero-order chi connectivity index (χ0) is 17.5. The van der Waals surface area contributed by atoms with Gasteiger partial charge in [-0.25, -0.2) is 0 Å². The molecule has 138 valence electrons. The molecule has 1 unspecified atom stereocenters. The molecule has 0 radical (unpaired) electrons. The topological polar surface area (TPSA) is 97.3 Å². The first-order valence-electron chi connectivity index (χ1n) is 9.56. The predicted octanol–water partition coefficient (Wildman–Crippen LogP) is 2.21. The second-order valence-electron chi connectivity index (χ2n) is 7.76. The molecule has 1 saturated heterocycles. The van der Waals surface area contributed by atoms with Crippen LogP contribution in [0.3, 0.4) is 0 Å². The Morgan fingerprint density at radius 3 is 2.85 bits per heavy atom. The smallest absolute Gasteiger partial charge is 0.256 e. The van der Waals surface area contributed by atoms with Gasteiger partial charge < -0.3 is 14.4 Å². The minimum atomic E-state index is -0.0735. The van der Waals surface area contributed by atoms with Crippen LogP contribution in [0, 0.1) is 0 Å². The van der Waals surface area contributed by atoms with Crippen LogP contribution in [0.5, 0.6) is 0 Å². The van der Waals surface area contributed by atoms with Crippen LogP contribution in [-0.2, 0) is 6.54 Å². The molecule has 2 aromatic rings. The summed E-state index contributed by atoms with van der Waals surface area (Å²) in [6.45, 7) is 2.45. The van der Waals surface area contributed by atoms with Crippen molar-refractivity contribution in [1.82, 2.24) is 25.5 Å². The Kier molecular flexibility index (Phi) is 4.00. The van der Waals surface area contributed by atoms with Crippen molar-refractivity contribution >= 4 is 5.91 Å². The fourth-order valence-corrected chi connectivity index (χ4v) is 3.67. The van der Waals surface area contributed by atoms with E-state index in [-0.39, 0.29) is 11.9 Å². The van der Waals surface area contributed by atoms with Crippen molar-refractivity contribution in [3.8, 4) is 0 Å². The highest BCUT2D eigenvalue weighted by Crippen LogP contribution is 2.41. The minimum Gasteiger partial charge on any atom is -0.364 e. The highest BCUT2D eigenvalue weighted by molar-refractivity contribution is 5.95. The molecule has 0 aromatic carbocycles. The lowest BCUT2D eigenvalue weighted by molar-refractivity contribution is 0.0897. The number of likely N-dealkylation sites (tertiary alicyclic amines) is 1. The van der Waals surface area contributed by atoms with Crippen molar-refractivity contribution in [2.45, 2.75) is 62.9 Å². The number of carbonyl (C=O) groups excluding carboxylic acids is 1. The summed E-state index contributed by atoms with van der Waals surface area (Å²) in [5.41, 5.74) is 1.41. The average Bonchev–Trinajstić information content (AvgIpc) is 3.57. The van der Waals surface area contributed by atoms with Crippen LogP contribution in [0.1, 0.15) is 78.1 Å². The lowest BCUT2D eigenvalue weighted by Crippen LogP contribution is -2.47. The summed E-state index contributed by atoms with van der Waals surface area (Å²) in [4.78, 5) is 19.4. The first kappa shape index (κ1) is 16.0. The molecule has 3 aliphatic rings. The van der Waals surface area contributed by atoms with E-state index < -0.39 is 0 Å². The third-order valence-electron chi connectivity index (χ3n) is 5.42. The van der Waals surface area contributed by atoms with Crippen molar-refractivity contribution in [2.75, 3.05) is 13.1 Å². The Balaban J connectivity index is 1.18. The fourth-order valence-electron chi connectivity index (χ4n) is 3.67. The average molecular weight is 357 g/mol. The molecule has 1 atom stereocenters. The molecular formula is C18H23N5O3. The molecule has 3 heterocycles. The minimum absolute atomic E-state index is 0.0735. The normalized spacial score (nSPS) is 23.9. The Morgan fingerprint density at radius 1 is 1.19 bits per heavy atom. The summed E-state index contributed by atoms with van der Waals surface area (Å²) in [6, 6.07) is 0.119. The van der Waals surface area contributed by atoms with Crippen LogP contribution < -0.4 is 5.32 Å². The van der Waals surface area contributed by atoms with Crippen LogP contribution >= 0.6 is 0 Å². The van der Waals surface area contributed by atoms with Gasteiger partial charge in [-0.2, -0.15) is 4.98 Å². The zero-order valence-corrected chi connectivity index (χ0v) is 14.7. The predicted molar refractivity (Wildman–Crippen MR) is 90.5 cm³/mol. The molecule has 1 amide bonds. The maximum absolute atomic E-state index is 12.6. The van der Waals surface area contributed by atoms with Crippen LogP contribution in [-0.4, -0.2) is 45.2 Å². The monoisotopic (exact) mass is 357 g/mol. The first-order chi connectivity index (χ1) is 12.8. The molecule has 2 aliphatic carbocycles. The van der Waals surface area contributed by atoms with E-state index in [9.17, 15) is 4.79 Å². The third kappa shape index (κ3) is 3.38. The highest BCUT2D eigenvalue weighted by atomic mass is 16.5. The molecule has 2 saturated carbocycles. The van der Waals surface area contributed by atoms with Gasteiger partial charge in [-0.3, -0.25) is 9.69 Å². The summed E-state index contributed by atoms with van der Waals surface area (Å²) >= 11 is 0. The molecule has 2 aromatic heterocycles. The quantitative estimate of drug-likeness (QED) is 0.846. The maximum Gasteiger partial charge on any atom is 0.256 e. The first-order valence-corrected chi connectivity index (χ1v) is 9.56. The molecule has 5 rings (SSSR count). The number of aromatic nitrogens is 3. The van der Waals surface area contributed by atoms with Gasteiger partial charge in [0.25, 0.3) is 5.91 Å². The molecule has 3 fully saturated rings. The van der Waals surface area contributed by atoms with Gasteiger partial charge in [-0.05, 0) is 45.1 Å². The lowest BCUT2D eigenvalue weighted by atomic mass is 10.0. The molecule has 0 bridgehead atoms. The van der Waals surface area contributed by atoms with E-state index in [0.29, 0.717) is 23.9 Å². The molecular weight excluding hydrogens is 334 g/mol. The van der Waals surface area contributed by atoms with Crippen LogP contribution in [0.4, 0.5) is 0 Å². The van der Waals surface area contributed by atoms with Gasteiger partial charge in [0.1, 0.15) is 11.8 Å². The molecule has 1 aliphatic heterocycles. The van der Waals surface area contributed by atoms with Crippen molar-refractivity contribution in [1.29, 1.82) is 0 Å². The number of hydrogen-bond acceptors (Lipinski definition) is 7. The fraction of sp³-hybridized carbons (Fsp3) is 0.667. The van der Waals surface area contributed by atoms with E-state index in [0.717, 1.165) is 69.0 Å². The summed E-state index contributed by atoms with van der Waals surface area (Å²) in [7, 11) is 0. The highest BCUT2D eigenvalue weighted by Gasteiger charge is 2.33. The summed E-state index contributed by atoms with van der Waals surface area (Å²) < 4.78 is 10.4. The third-order valence-corrected chi connectivity index (χ3v) is 5.42. The lowest BCUT2D eigenvalue weighted by Gasteiger charge is -2.32. The van der Waals surface area contributed by atoms with Gasteiger partial charge in [0.05, 0.1) is 12.2 Å². The number of carbonyl (C=O) groups is 1. The SMILES string of the molecule is O=C(NC1CCCN(Cc2noc(C3CC3)n2)C1)c1conc1C1CC1. The van der Waals surface area contributed by atoms with E-state index in [1.165, 1.54) is 6.26 Å². The molecule has 0 spiro atoms. The van der Waals surface area contributed by atoms with Gasteiger partial charge in [-0.1, -0.05) is 10.3 Å². The van der Waals surface area contributed by atoms with Gasteiger partial charge in [-0.15, -0.1) is 0 Å². The van der Waals surface area contributed by atoms with Crippen molar-refractivity contribution < 1.29 is 13.8 Å². The van der Waals surface area contributed by atoms with E-state index in [1.54, 1.807) is 0 Å². The van der Waals surface area contributed by atoms with Crippen LogP contribution in [0.15, 0.2) is 15.3 Å². The summed E-state index contributed by atoms with van der Waals surface area (Å²) in [5.74, 6) is 2.33. The molecule has 26 heavy (non-hydrogen) atoms. The number of nitrogens with one attached hydrogen (secondary N) is 1.